The first kappa shape index (κ1) is 10.6. The summed E-state index contributed by atoms with van der Waals surface area (Å²) in [5.41, 5.74) is 0.767. The van der Waals surface area contributed by atoms with Gasteiger partial charge in [0.25, 0.3) is 0 Å². The van der Waals surface area contributed by atoms with Crippen molar-refractivity contribution in [1.29, 1.82) is 0 Å². The summed E-state index contributed by atoms with van der Waals surface area (Å²) >= 11 is 0. The maximum atomic E-state index is 11.6. The lowest BCUT2D eigenvalue weighted by Gasteiger charge is -2.34. The second kappa shape index (κ2) is 4.19. The second-order valence-corrected chi connectivity index (χ2v) is 3.19. The van der Waals surface area contributed by atoms with E-state index in [-0.39, 0.29) is 6.03 Å². The van der Waals surface area contributed by atoms with Gasteiger partial charge in [0.1, 0.15) is 0 Å². The van der Waals surface area contributed by atoms with Crippen molar-refractivity contribution in [3.63, 3.8) is 0 Å². The third-order valence-electron chi connectivity index (χ3n) is 1.85. The molecule has 0 fully saturated rings. The molecule has 0 saturated carbocycles. The van der Waals surface area contributed by atoms with Gasteiger partial charge in [0.15, 0.2) is 0 Å². The Balaban J connectivity index is 2.87. The van der Waals surface area contributed by atoms with Gasteiger partial charge in [-0.15, -0.1) is 0 Å². The van der Waals surface area contributed by atoms with Gasteiger partial charge >= 0.3 is 6.03 Å². The van der Waals surface area contributed by atoms with Crippen LogP contribution in [0.3, 0.4) is 0 Å². The van der Waals surface area contributed by atoms with Crippen molar-refractivity contribution < 1.29 is 4.79 Å². The first-order valence-corrected chi connectivity index (χ1v) is 4.28. The molecule has 0 radical (unpaired) electrons. The van der Waals surface area contributed by atoms with Crippen molar-refractivity contribution in [1.82, 2.24) is 15.0 Å². The standard InChI is InChI=1S/C8H15N5O/c1-9-5-7-6-13(11(2)3)8(14)12(4)10-7/h5H,6H2,1-4H3/b9-5+. The maximum Gasteiger partial charge on any atom is 0.355 e. The summed E-state index contributed by atoms with van der Waals surface area (Å²) in [5, 5.41) is 8.69. The fourth-order valence-corrected chi connectivity index (χ4v) is 1.18. The molecule has 0 saturated heterocycles. The van der Waals surface area contributed by atoms with Crippen LogP contribution >= 0.6 is 0 Å². The molecule has 2 amide bonds. The largest absolute Gasteiger partial charge is 0.355 e. The highest BCUT2D eigenvalue weighted by Gasteiger charge is 2.25. The van der Waals surface area contributed by atoms with Gasteiger partial charge in [-0.25, -0.2) is 19.8 Å². The number of carbonyl (C=O) groups is 1. The van der Waals surface area contributed by atoms with Crippen LogP contribution in [0.5, 0.6) is 0 Å². The summed E-state index contributed by atoms with van der Waals surface area (Å²) in [6.07, 6.45) is 1.65. The summed E-state index contributed by atoms with van der Waals surface area (Å²) in [6, 6.07) is -0.136. The zero-order chi connectivity index (χ0) is 10.7. The summed E-state index contributed by atoms with van der Waals surface area (Å²) in [6.45, 7) is 0.466. The van der Waals surface area contributed by atoms with Gasteiger partial charge in [-0.3, -0.25) is 4.99 Å². The van der Waals surface area contributed by atoms with E-state index < -0.39 is 0 Å². The highest BCUT2D eigenvalue weighted by molar-refractivity contribution is 6.32. The topological polar surface area (TPSA) is 51.5 Å². The van der Waals surface area contributed by atoms with Gasteiger partial charge < -0.3 is 0 Å². The molecule has 78 valence electrons. The van der Waals surface area contributed by atoms with Crippen LogP contribution in [0.4, 0.5) is 4.79 Å². The van der Waals surface area contributed by atoms with E-state index in [0.29, 0.717) is 6.54 Å². The van der Waals surface area contributed by atoms with Crippen molar-refractivity contribution in [2.45, 2.75) is 0 Å². The van der Waals surface area contributed by atoms with Crippen LogP contribution < -0.4 is 0 Å². The van der Waals surface area contributed by atoms with Crippen molar-refractivity contribution in [2.24, 2.45) is 10.1 Å². The van der Waals surface area contributed by atoms with E-state index >= 15 is 0 Å². The van der Waals surface area contributed by atoms with E-state index in [2.05, 4.69) is 10.1 Å². The van der Waals surface area contributed by atoms with E-state index in [1.807, 2.05) is 14.1 Å². The van der Waals surface area contributed by atoms with Crippen molar-refractivity contribution in [3.8, 4) is 0 Å². The normalized spacial score (nSPS) is 18.4. The summed E-state index contributed by atoms with van der Waals surface area (Å²) in [4.78, 5) is 15.4. The average molecular weight is 197 g/mol. The highest BCUT2D eigenvalue weighted by atomic mass is 16.2. The Hall–Kier alpha value is -1.43. The van der Waals surface area contributed by atoms with Gasteiger partial charge in [0.05, 0.1) is 12.3 Å². The van der Waals surface area contributed by atoms with Crippen LogP contribution in [0.25, 0.3) is 0 Å². The molecule has 0 bridgehead atoms. The van der Waals surface area contributed by atoms with E-state index in [4.69, 9.17) is 0 Å². The molecule has 6 nitrogen and oxygen atoms in total. The Bertz CT molecular complexity index is 283. The number of hydrazone groups is 1. The number of urea groups is 1. The third kappa shape index (κ3) is 2.08. The van der Waals surface area contributed by atoms with Crippen molar-refractivity contribution in [2.75, 3.05) is 34.7 Å². The smallest absolute Gasteiger partial charge is 0.294 e. The molecule has 1 rings (SSSR count). The summed E-state index contributed by atoms with van der Waals surface area (Å²) < 4.78 is 0. The monoisotopic (exact) mass is 197 g/mol. The molecule has 0 aromatic heterocycles. The van der Waals surface area contributed by atoms with Gasteiger partial charge in [0, 0.05) is 34.4 Å². The molecule has 0 spiro atoms. The van der Waals surface area contributed by atoms with Crippen LogP contribution in [-0.4, -0.2) is 67.7 Å². The molecule has 1 heterocycles. The SMILES string of the molecule is C/N=C/C1=NN(C)C(=O)N(N(C)C)C1. The molecule has 1 aliphatic rings. The molecular weight excluding hydrogens is 182 g/mol. The number of amides is 2. The number of hydrazine groups is 1. The minimum absolute atomic E-state index is 0.136. The van der Waals surface area contributed by atoms with Crippen molar-refractivity contribution >= 4 is 18.0 Å². The van der Waals surface area contributed by atoms with Crippen LogP contribution in [0.15, 0.2) is 10.1 Å². The molecule has 0 atom stereocenters. The molecule has 6 heteroatoms. The van der Waals surface area contributed by atoms with Crippen LogP contribution in [-0.2, 0) is 0 Å². The van der Waals surface area contributed by atoms with Crippen molar-refractivity contribution in [3.05, 3.63) is 0 Å². The molecule has 0 N–H and O–H groups in total. The minimum atomic E-state index is -0.136. The van der Waals surface area contributed by atoms with E-state index in [0.717, 1.165) is 5.71 Å². The third-order valence-corrected chi connectivity index (χ3v) is 1.85. The predicted molar refractivity (Wildman–Crippen MR) is 55.4 cm³/mol. The zero-order valence-electron chi connectivity index (χ0n) is 8.93. The Morgan fingerprint density at radius 2 is 2.21 bits per heavy atom. The lowest BCUT2D eigenvalue weighted by molar-refractivity contribution is 0.0520. The lowest BCUT2D eigenvalue weighted by atomic mass is 10.4. The van der Waals surface area contributed by atoms with Gasteiger partial charge in [0.2, 0.25) is 0 Å². The molecule has 0 aromatic carbocycles. The number of nitrogens with zero attached hydrogens (tertiary/aromatic N) is 5. The number of carbonyl (C=O) groups excluding carboxylic acids is 1. The highest BCUT2D eigenvalue weighted by Crippen LogP contribution is 2.05. The summed E-state index contributed by atoms with van der Waals surface area (Å²) in [5.74, 6) is 0. The van der Waals surface area contributed by atoms with Gasteiger partial charge in [-0.1, -0.05) is 0 Å². The zero-order valence-corrected chi connectivity index (χ0v) is 8.93. The predicted octanol–water partition coefficient (Wildman–Crippen LogP) is -0.113. The summed E-state index contributed by atoms with van der Waals surface area (Å²) in [7, 11) is 6.94. The fourth-order valence-electron chi connectivity index (χ4n) is 1.18. The molecule has 14 heavy (non-hydrogen) atoms. The number of rotatable bonds is 2. The van der Waals surface area contributed by atoms with Crippen LogP contribution in [0.1, 0.15) is 0 Å². The van der Waals surface area contributed by atoms with E-state index in [1.165, 1.54) is 5.01 Å². The quantitative estimate of drug-likeness (QED) is 0.580. The number of hydrogen-bond acceptors (Lipinski definition) is 4. The van der Waals surface area contributed by atoms with Crippen LogP contribution in [0, 0.1) is 0 Å². The second-order valence-electron chi connectivity index (χ2n) is 3.19. The Labute approximate surface area is 83.5 Å². The molecule has 1 aliphatic heterocycles. The van der Waals surface area contributed by atoms with E-state index in [1.54, 1.807) is 30.3 Å². The Morgan fingerprint density at radius 3 is 2.71 bits per heavy atom. The molecular formula is C8H15N5O. The molecule has 0 aromatic rings. The number of aliphatic imine (C=N–C) groups is 1. The Morgan fingerprint density at radius 1 is 1.57 bits per heavy atom. The minimum Gasteiger partial charge on any atom is -0.294 e. The fraction of sp³-hybridized carbons (Fsp3) is 0.625. The molecule has 0 aliphatic carbocycles. The van der Waals surface area contributed by atoms with Gasteiger partial charge in [-0.05, 0) is 0 Å². The van der Waals surface area contributed by atoms with Crippen LogP contribution in [0.2, 0.25) is 0 Å². The first-order valence-electron chi connectivity index (χ1n) is 4.28. The Kier molecular flexibility index (Phi) is 3.19. The maximum absolute atomic E-state index is 11.6. The first-order chi connectivity index (χ1) is 6.56. The average Bonchev–Trinajstić information content (AvgIpc) is 2.11. The lowest BCUT2D eigenvalue weighted by Crippen LogP contribution is -2.52. The number of hydrogen-bond donors (Lipinski definition) is 0. The molecule has 0 unspecified atom stereocenters. The van der Waals surface area contributed by atoms with E-state index in [9.17, 15) is 4.79 Å². The van der Waals surface area contributed by atoms with Gasteiger partial charge in [-0.2, -0.15) is 5.10 Å².